The molecule has 5 aliphatic heterocycles. The van der Waals surface area contributed by atoms with Gasteiger partial charge in [0, 0.05) is 53.2 Å². The summed E-state index contributed by atoms with van der Waals surface area (Å²) in [4.78, 5) is 146. The molecular formula is C96H137NO22. The monoisotopic (exact) mass is 1660 g/mol. The quantitative estimate of drug-likeness (QED) is 0.0419. The number of ether oxygens (including phenoxy) is 7. The summed E-state index contributed by atoms with van der Waals surface area (Å²) >= 11 is 0. The largest absolute Gasteiger partial charge is 0.457 e. The third-order valence-electron chi connectivity index (χ3n) is 24.8. The molecule has 5 saturated heterocycles. The molecule has 658 valence electrons. The molecule has 1 amide bonds. The zero-order chi connectivity index (χ0) is 88.8. The molecule has 0 aromatic carbocycles. The first-order valence-corrected chi connectivity index (χ1v) is 42.5. The molecule has 23 nitrogen and oxygen atoms in total. The number of aliphatic hydroxyl groups excluding tert-OH is 3. The van der Waals surface area contributed by atoms with Crippen molar-refractivity contribution in [3.8, 4) is 0 Å². The molecule has 18 atom stereocenters. The number of nitrogens with one attached hydrogen (secondary N) is 1. The maximum Gasteiger partial charge on any atom is 0.307 e. The second kappa shape index (κ2) is 44.5. The molecule has 5 heterocycles. The lowest BCUT2D eigenvalue weighted by Gasteiger charge is -2.40. The Morgan fingerprint density at radius 2 is 0.639 bits per heavy atom. The molecule has 9 fully saturated rings. The molecule has 23 heteroatoms. The molecule has 0 aromatic rings. The topological polar surface area (TPSA) is 342 Å². The summed E-state index contributed by atoms with van der Waals surface area (Å²) in [7, 11) is 3.29. The molecule has 0 bridgehead atoms. The minimum absolute atomic E-state index is 0.00959. The standard InChI is InChI=1S/C20H29NO5.2C20H30O4.C18H26O5.C18H22O4/c1-12(2)6-5-7-13(3)8-18-20(11-19(25)26-18)10-16(23)15(9-17(20)24)21-14(4)22;2*1-13(2)7-6-8-14(3)9-18-20(12-19(22)24-18)11-15(4)16(23-5)10-17(20)21;1-11(2)5-4-6-12(3)7-16-18(10-17(22)23-16)9-14(20)13(19)8-15(18)21;1-12(2)5-4-6-13(3)9-16-18(11-17(21)22-16)10-14(19)7-8-15(18)20/h6,8,15-16,18,23H,5,7,9-11H2,1-4H3,(H,21,22);2*7,9,15-16,18H,6,8,10-12H2,1-5H3;5,7,13-14,16,19-20H,4,6,8-10H2,1-3H3;5,7-9,16H,4,6,10-11H2,1-3H3/b13-8+;2*14-9+;12-7+;13-9+/t15-,16+,18-,20?;15-,16+,18+,20?;15-,16-,18+,20?;13-,14-,16+,18?;16-,18?/m10001/s1. The fraction of sp³-hybridized carbons (Fsp3) is 0.646. The Bertz CT molecular complexity index is 3990. The van der Waals surface area contributed by atoms with Crippen LogP contribution < -0.4 is 5.32 Å². The van der Waals surface area contributed by atoms with Gasteiger partial charge < -0.3 is 53.8 Å². The van der Waals surface area contributed by atoms with Gasteiger partial charge in [-0.25, -0.2) is 0 Å². The first kappa shape index (κ1) is 99.6. The van der Waals surface area contributed by atoms with Crippen LogP contribution in [0.4, 0.5) is 0 Å². The van der Waals surface area contributed by atoms with Crippen molar-refractivity contribution in [2.45, 2.75) is 346 Å². The maximum atomic E-state index is 12.9. The van der Waals surface area contributed by atoms with E-state index in [9.17, 15) is 72.9 Å². The third-order valence-corrected chi connectivity index (χ3v) is 24.8. The Morgan fingerprint density at radius 3 is 0.933 bits per heavy atom. The first-order chi connectivity index (χ1) is 55.8. The van der Waals surface area contributed by atoms with Crippen molar-refractivity contribution in [3.63, 3.8) is 0 Å². The highest BCUT2D eigenvalue weighted by Gasteiger charge is 2.62. The lowest BCUT2D eigenvalue weighted by atomic mass is 9.64. The second-order valence-electron chi connectivity index (χ2n) is 36.6. The van der Waals surface area contributed by atoms with E-state index in [4.69, 9.17) is 33.2 Å². The summed E-state index contributed by atoms with van der Waals surface area (Å²) in [5, 5.41) is 32.7. The summed E-state index contributed by atoms with van der Waals surface area (Å²) in [6, 6.07) is -0.607. The first-order valence-electron chi connectivity index (χ1n) is 42.5. The smallest absolute Gasteiger partial charge is 0.307 e. The number of Topliss-reactive ketones (excluding diaryl/α,β-unsaturated/α-hetero) is 4. The van der Waals surface area contributed by atoms with E-state index in [-0.39, 0.29) is 141 Å². The molecule has 10 aliphatic rings. The van der Waals surface area contributed by atoms with Gasteiger partial charge in [0.15, 0.2) is 11.6 Å². The van der Waals surface area contributed by atoms with Crippen molar-refractivity contribution in [3.05, 3.63) is 129 Å². The van der Waals surface area contributed by atoms with Crippen LogP contribution in [-0.4, -0.2) is 167 Å². The van der Waals surface area contributed by atoms with Gasteiger partial charge in [0.2, 0.25) is 5.91 Å². The Balaban J connectivity index is 0.000000231. The molecule has 5 spiro atoms. The number of ketones is 6. The summed E-state index contributed by atoms with van der Waals surface area (Å²) in [5.74, 6) is -1.99. The number of esters is 5. The van der Waals surface area contributed by atoms with Crippen LogP contribution in [-0.2, 0) is 90.7 Å². The van der Waals surface area contributed by atoms with Crippen molar-refractivity contribution in [2.75, 3.05) is 14.2 Å². The maximum absolute atomic E-state index is 12.9. The SMILES string of the molecule is CC(=O)N[C@@H]1CC(=O)C2(CC(=O)O[C@@H]2/C=C(\C)CCC=C(C)C)C[C@@H]1O.CC(C)=CCC/C(C)=C/[C@H]1OC(=O)CC12CC(=O)C=CC2=O.CC(C)=CCC/C(C)=C/[C@H]1OC(=O)CC12C[C@H](O)[C@@H](O)CC2=O.CO[C@@H]1CC(=O)C2(CC(=O)O[C@@H]2/C=C(\C)CCC=C(C)C)C[C@@H]1C.CO[C@H]1CC(=O)C2(CC(=O)O[C@@H]2/C=C(\C)CCC=C(C)C)C[C@@H]1C. The Kier molecular flexibility index (Phi) is 37.3. The fourth-order valence-corrected chi connectivity index (χ4v) is 18.0. The van der Waals surface area contributed by atoms with Gasteiger partial charge >= 0.3 is 29.8 Å². The number of amides is 1. The van der Waals surface area contributed by atoms with E-state index in [0.29, 0.717) is 25.7 Å². The van der Waals surface area contributed by atoms with Gasteiger partial charge in [0.05, 0.1) is 95.7 Å². The van der Waals surface area contributed by atoms with Crippen molar-refractivity contribution in [1.29, 1.82) is 0 Å². The second-order valence-corrected chi connectivity index (χ2v) is 36.6. The number of hydrogen-bond acceptors (Lipinski definition) is 22. The van der Waals surface area contributed by atoms with Gasteiger partial charge in [-0.2, -0.15) is 0 Å². The predicted octanol–water partition coefficient (Wildman–Crippen LogP) is 15.3. The van der Waals surface area contributed by atoms with Gasteiger partial charge in [-0.1, -0.05) is 100.0 Å². The average molecular weight is 1660 g/mol. The number of rotatable bonds is 23. The molecular weight excluding hydrogens is 1520 g/mol. The van der Waals surface area contributed by atoms with Gasteiger partial charge in [0.1, 0.15) is 53.7 Å². The van der Waals surface area contributed by atoms with Crippen LogP contribution in [0.15, 0.2) is 129 Å². The van der Waals surface area contributed by atoms with Gasteiger partial charge in [0.25, 0.3) is 0 Å². The summed E-state index contributed by atoms with van der Waals surface area (Å²) in [6.45, 7) is 36.1. The van der Waals surface area contributed by atoms with Crippen LogP contribution in [0.1, 0.15) is 279 Å². The third kappa shape index (κ3) is 27.1. The molecule has 119 heavy (non-hydrogen) atoms. The Hall–Kier alpha value is -8.22. The van der Waals surface area contributed by atoms with Crippen LogP contribution in [0.3, 0.4) is 0 Å². The lowest BCUT2D eigenvalue weighted by molar-refractivity contribution is -0.147. The molecule has 0 radical (unpaired) electrons. The fourth-order valence-electron chi connectivity index (χ4n) is 18.0. The minimum Gasteiger partial charge on any atom is -0.457 e. The van der Waals surface area contributed by atoms with E-state index in [2.05, 4.69) is 77.2 Å². The van der Waals surface area contributed by atoms with Crippen molar-refractivity contribution in [1.82, 2.24) is 5.32 Å². The minimum atomic E-state index is -1.05. The van der Waals surface area contributed by atoms with Crippen LogP contribution in [0.25, 0.3) is 0 Å². The molecule has 10 rings (SSSR count). The van der Waals surface area contributed by atoms with Crippen molar-refractivity contribution in [2.24, 2.45) is 38.9 Å². The molecule has 5 aliphatic carbocycles. The predicted molar refractivity (Wildman–Crippen MR) is 453 cm³/mol. The molecule has 4 saturated carbocycles. The van der Waals surface area contributed by atoms with E-state index in [1.54, 1.807) is 14.2 Å². The highest BCUT2D eigenvalue weighted by atomic mass is 16.6. The van der Waals surface area contributed by atoms with Crippen LogP contribution in [0.5, 0.6) is 0 Å². The van der Waals surface area contributed by atoms with Crippen LogP contribution >= 0.6 is 0 Å². The summed E-state index contributed by atoms with van der Waals surface area (Å²) in [5.41, 5.74) is 7.40. The number of carbonyl (C=O) groups is 12. The molecule has 4 N–H and O–H groups in total. The van der Waals surface area contributed by atoms with Crippen molar-refractivity contribution < 1.29 is 106 Å². The average Bonchev–Trinajstić information content (AvgIpc) is 1.67. The van der Waals surface area contributed by atoms with E-state index in [1.165, 1.54) is 58.1 Å². The normalized spacial score (nSPS) is 32.4. The zero-order valence-electron chi connectivity index (χ0n) is 74.5. The van der Waals surface area contributed by atoms with E-state index >= 15 is 0 Å². The van der Waals surface area contributed by atoms with E-state index in [1.807, 2.05) is 107 Å². The number of aliphatic hydroxyl groups is 3. The molecule has 0 aromatic heterocycles. The number of methoxy groups -OCH3 is 2. The highest BCUT2D eigenvalue weighted by molar-refractivity contribution is 6.10. The van der Waals surface area contributed by atoms with Gasteiger partial charge in [-0.3, -0.25) is 57.5 Å². The van der Waals surface area contributed by atoms with Crippen molar-refractivity contribution >= 4 is 70.5 Å². The highest BCUT2D eigenvalue weighted by Crippen LogP contribution is 2.53. The number of hydrogen-bond donors (Lipinski definition) is 4. The van der Waals surface area contributed by atoms with Gasteiger partial charge in [-0.05, 0) is 248 Å². The number of allylic oxidation sites excluding steroid dienone is 17. The van der Waals surface area contributed by atoms with Crippen LogP contribution in [0.2, 0.25) is 0 Å². The van der Waals surface area contributed by atoms with E-state index < -0.39 is 99.9 Å². The van der Waals surface area contributed by atoms with E-state index in [0.717, 1.165) is 80.9 Å². The summed E-state index contributed by atoms with van der Waals surface area (Å²) < 4.78 is 38.1. The zero-order valence-corrected chi connectivity index (χ0v) is 74.5. The summed E-state index contributed by atoms with van der Waals surface area (Å²) in [6.07, 6.45) is 28.6. The Labute approximate surface area is 705 Å². The van der Waals surface area contributed by atoms with Gasteiger partial charge in [-0.15, -0.1) is 0 Å². The number of cyclic esters (lactones) is 5. The lowest BCUT2D eigenvalue weighted by Crippen LogP contribution is -2.55. The Morgan fingerprint density at radius 1 is 0.370 bits per heavy atom. The van der Waals surface area contributed by atoms with Crippen LogP contribution in [0, 0.1) is 38.9 Å². The molecule has 5 unspecified atom stereocenters. The number of carbonyl (C=O) groups excluding carboxylic acids is 12.